The monoisotopic (exact) mass is 342 g/mol. The molecule has 1 N–H and O–H groups in total. The smallest absolute Gasteiger partial charge is 0.246 e. The second kappa shape index (κ2) is 7.93. The summed E-state index contributed by atoms with van der Waals surface area (Å²) in [6, 6.07) is 11.5. The predicted molar refractivity (Wildman–Crippen MR) is 100 cm³/mol. The zero-order valence-corrected chi connectivity index (χ0v) is 15.2. The Balaban J connectivity index is 2.00. The molecule has 126 valence electrons. The largest absolute Gasteiger partial charge is 0.335 e. The predicted octanol–water partition coefficient (Wildman–Crippen LogP) is 4.25. The molecule has 2 rings (SSSR count). The van der Waals surface area contributed by atoms with Crippen LogP contribution in [0, 0.1) is 6.92 Å². The van der Waals surface area contributed by atoms with E-state index in [1.165, 1.54) is 16.7 Å². The average Bonchev–Trinajstić information content (AvgIpc) is 2.98. The third kappa shape index (κ3) is 4.80. The van der Waals surface area contributed by atoms with Gasteiger partial charge in [-0.3, -0.25) is 9.59 Å². The molecule has 0 aliphatic heterocycles. The van der Waals surface area contributed by atoms with Crippen LogP contribution in [0.5, 0.6) is 0 Å². The molecule has 0 saturated carbocycles. The Kier molecular flexibility index (Phi) is 5.93. The summed E-state index contributed by atoms with van der Waals surface area (Å²) in [5.41, 5.74) is 1.65. The van der Waals surface area contributed by atoms with Gasteiger partial charge in [0, 0.05) is 35.5 Å². The van der Waals surface area contributed by atoms with Gasteiger partial charge in [0.1, 0.15) is 0 Å². The molecule has 1 aromatic carbocycles. The first-order valence-electron chi connectivity index (χ1n) is 7.75. The van der Waals surface area contributed by atoms with Gasteiger partial charge in [0.05, 0.1) is 6.04 Å². The van der Waals surface area contributed by atoms with Crippen LogP contribution in [0.15, 0.2) is 42.5 Å². The standard InChI is InChI=1S/C19H22N2O2S/c1-13-5-11-18(24-13)14(2)21(4)19(23)12-8-16-6-9-17(10-7-16)20-15(3)22/h5-12,14H,1-4H3,(H,20,22)/b12-8-/t14-/m0/s1. The summed E-state index contributed by atoms with van der Waals surface area (Å²) < 4.78 is 0. The number of benzene rings is 1. The Bertz CT molecular complexity index is 747. The molecular weight excluding hydrogens is 320 g/mol. The van der Waals surface area contributed by atoms with Gasteiger partial charge >= 0.3 is 0 Å². The molecule has 0 spiro atoms. The number of amides is 2. The molecule has 1 aromatic heterocycles. The van der Waals surface area contributed by atoms with E-state index in [0.717, 1.165) is 11.3 Å². The van der Waals surface area contributed by atoms with Crippen molar-refractivity contribution in [3.63, 3.8) is 0 Å². The fourth-order valence-corrected chi connectivity index (χ4v) is 3.20. The maximum absolute atomic E-state index is 12.3. The lowest BCUT2D eigenvalue weighted by molar-refractivity contribution is -0.126. The van der Waals surface area contributed by atoms with E-state index in [9.17, 15) is 9.59 Å². The molecule has 0 saturated heterocycles. The fraction of sp³-hybridized carbons (Fsp3) is 0.263. The van der Waals surface area contributed by atoms with Gasteiger partial charge in [0.25, 0.3) is 0 Å². The van der Waals surface area contributed by atoms with Crippen molar-refractivity contribution in [2.45, 2.75) is 26.8 Å². The maximum atomic E-state index is 12.3. The highest BCUT2D eigenvalue weighted by Crippen LogP contribution is 2.26. The third-order valence-electron chi connectivity index (χ3n) is 3.75. The van der Waals surface area contributed by atoms with Crippen molar-refractivity contribution in [2.75, 3.05) is 12.4 Å². The number of anilines is 1. The van der Waals surface area contributed by atoms with Crippen molar-refractivity contribution >= 4 is 34.9 Å². The lowest BCUT2D eigenvalue weighted by Gasteiger charge is -2.22. The van der Waals surface area contributed by atoms with Crippen LogP contribution in [0.2, 0.25) is 0 Å². The van der Waals surface area contributed by atoms with Crippen LogP contribution in [-0.2, 0) is 9.59 Å². The second-order valence-corrected chi connectivity index (χ2v) is 7.03. The van der Waals surface area contributed by atoms with E-state index in [1.54, 1.807) is 28.4 Å². The second-order valence-electron chi connectivity index (χ2n) is 5.71. The van der Waals surface area contributed by atoms with Gasteiger partial charge < -0.3 is 10.2 Å². The van der Waals surface area contributed by atoms with Crippen molar-refractivity contribution in [2.24, 2.45) is 0 Å². The van der Waals surface area contributed by atoms with Gasteiger partial charge in [0.15, 0.2) is 0 Å². The zero-order chi connectivity index (χ0) is 17.7. The molecule has 0 unspecified atom stereocenters. The number of hydrogen-bond donors (Lipinski definition) is 1. The summed E-state index contributed by atoms with van der Waals surface area (Å²) in [6.07, 6.45) is 3.35. The first-order chi connectivity index (χ1) is 11.4. The molecule has 1 atom stereocenters. The summed E-state index contributed by atoms with van der Waals surface area (Å²) in [6.45, 7) is 5.56. The molecule has 0 bridgehead atoms. The molecule has 2 aromatic rings. The van der Waals surface area contributed by atoms with Gasteiger partial charge in [-0.05, 0) is 49.8 Å². The van der Waals surface area contributed by atoms with E-state index in [-0.39, 0.29) is 17.9 Å². The number of rotatable bonds is 5. The summed E-state index contributed by atoms with van der Waals surface area (Å²) >= 11 is 1.71. The summed E-state index contributed by atoms with van der Waals surface area (Å²) in [4.78, 5) is 27.5. The molecule has 4 nitrogen and oxygen atoms in total. The molecule has 0 aliphatic rings. The molecule has 5 heteroatoms. The van der Waals surface area contributed by atoms with Gasteiger partial charge in [0.2, 0.25) is 11.8 Å². The minimum atomic E-state index is -0.104. The number of thiophene rings is 1. The molecule has 24 heavy (non-hydrogen) atoms. The number of nitrogens with zero attached hydrogens (tertiary/aromatic N) is 1. The van der Waals surface area contributed by atoms with Crippen molar-refractivity contribution < 1.29 is 9.59 Å². The molecular formula is C19H22N2O2S. The summed E-state index contributed by atoms with van der Waals surface area (Å²) in [5.74, 6) is -0.146. The highest BCUT2D eigenvalue weighted by Gasteiger charge is 2.16. The van der Waals surface area contributed by atoms with Crippen LogP contribution >= 0.6 is 11.3 Å². The van der Waals surface area contributed by atoms with E-state index in [1.807, 2.05) is 38.2 Å². The lowest BCUT2D eigenvalue weighted by atomic mass is 10.2. The first kappa shape index (κ1) is 17.9. The quantitative estimate of drug-likeness (QED) is 0.826. The van der Waals surface area contributed by atoms with Crippen LogP contribution in [-0.4, -0.2) is 23.8 Å². The van der Waals surface area contributed by atoms with Gasteiger partial charge in [-0.15, -0.1) is 11.3 Å². The Morgan fingerprint density at radius 1 is 1.17 bits per heavy atom. The van der Waals surface area contributed by atoms with E-state index in [0.29, 0.717) is 0 Å². The highest BCUT2D eigenvalue weighted by molar-refractivity contribution is 7.12. The van der Waals surface area contributed by atoms with E-state index in [2.05, 4.69) is 24.4 Å². The maximum Gasteiger partial charge on any atom is 0.246 e. The van der Waals surface area contributed by atoms with Crippen LogP contribution in [0.1, 0.15) is 35.2 Å². The minimum absolute atomic E-state index is 0.0421. The molecule has 0 fully saturated rings. The Hall–Kier alpha value is -2.40. The first-order valence-corrected chi connectivity index (χ1v) is 8.57. The minimum Gasteiger partial charge on any atom is -0.335 e. The molecule has 0 aliphatic carbocycles. The highest BCUT2D eigenvalue weighted by atomic mass is 32.1. The Morgan fingerprint density at radius 2 is 1.83 bits per heavy atom. The Morgan fingerprint density at radius 3 is 2.38 bits per heavy atom. The number of carbonyl (C=O) groups excluding carboxylic acids is 2. The van der Waals surface area contributed by atoms with E-state index in [4.69, 9.17) is 0 Å². The normalized spacial score (nSPS) is 12.2. The van der Waals surface area contributed by atoms with Crippen molar-refractivity contribution in [1.82, 2.24) is 4.90 Å². The van der Waals surface area contributed by atoms with Crippen molar-refractivity contribution in [3.05, 3.63) is 57.8 Å². The van der Waals surface area contributed by atoms with E-state index >= 15 is 0 Å². The molecule has 2 amide bonds. The van der Waals surface area contributed by atoms with Crippen LogP contribution in [0.3, 0.4) is 0 Å². The number of aryl methyl sites for hydroxylation is 1. The SMILES string of the molecule is CC(=O)Nc1ccc(/C=C\C(=O)N(C)[C@@H](C)c2ccc(C)s2)cc1. The number of nitrogens with one attached hydrogen (secondary N) is 1. The average molecular weight is 342 g/mol. The van der Waals surface area contributed by atoms with Crippen LogP contribution in [0.25, 0.3) is 6.08 Å². The molecule has 0 radical (unpaired) electrons. The third-order valence-corrected chi connectivity index (χ3v) is 4.92. The van der Waals surface area contributed by atoms with Gasteiger partial charge in [-0.1, -0.05) is 12.1 Å². The van der Waals surface area contributed by atoms with Crippen molar-refractivity contribution in [1.29, 1.82) is 0 Å². The van der Waals surface area contributed by atoms with Crippen molar-refractivity contribution in [3.8, 4) is 0 Å². The summed E-state index contributed by atoms with van der Waals surface area (Å²) in [7, 11) is 1.81. The van der Waals surface area contributed by atoms with Gasteiger partial charge in [-0.25, -0.2) is 0 Å². The fourth-order valence-electron chi connectivity index (χ4n) is 2.23. The topological polar surface area (TPSA) is 49.4 Å². The van der Waals surface area contributed by atoms with Crippen LogP contribution in [0.4, 0.5) is 5.69 Å². The summed E-state index contributed by atoms with van der Waals surface area (Å²) in [5, 5.41) is 2.71. The van der Waals surface area contributed by atoms with Crippen LogP contribution < -0.4 is 5.32 Å². The lowest BCUT2D eigenvalue weighted by Crippen LogP contribution is -2.27. The van der Waals surface area contributed by atoms with E-state index < -0.39 is 0 Å². The Labute approximate surface area is 146 Å². The number of carbonyl (C=O) groups is 2. The number of hydrogen-bond acceptors (Lipinski definition) is 3. The number of likely N-dealkylation sites (N-methyl/N-ethyl adjacent to an activating group) is 1. The zero-order valence-electron chi connectivity index (χ0n) is 14.4. The van der Waals surface area contributed by atoms with Gasteiger partial charge in [-0.2, -0.15) is 0 Å². The molecule has 1 heterocycles.